The number of rotatable bonds is 4. The summed E-state index contributed by atoms with van der Waals surface area (Å²) in [6, 6.07) is 6.95. The van der Waals surface area contributed by atoms with Crippen LogP contribution in [0, 0.1) is 11.3 Å². The van der Waals surface area contributed by atoms with Crippen LogP contribution in [-0.4, -0.2) is 26.2 Å². The van der Waals surface area contributed by atoms with Crippen molar-refractivity contribution >= 4 is 17.3 Å². The molecule has 96 valence electrons. The average Bonchev–Trinajstić information content (AvgIpc) is 2.35. The molecule has 0 heterocycles. The van der Waals surface area contributed by atoms with Gasteiger partial charge in [0, 0.05) is 19.8 Å². The molecule has 0 aromatic heterocycles. The second kappa shape index (κ2) is 5.92. The maximum Gasteiger partial charge on any atom is 0.341 e. The van der Waals surface area contributed by atoms with Crippen LogP contribution in [0.15, 0.2) is 18.2 Å². The van der Waals surface area contributed by atoms with Crippen LogP contribution in [0.1, 0.15) is 23.7 Å². The van der Waals surface area contributed by atoms with E-state index in [0.717, 1.165) is 0 Å². The van der Waals surface area contributed by atoms with Gasteiger partial charge in [-0.1, -0.05) is 6.92 Å². The number of nitrogens with zero attached hydrogens (tertiary/aromatic N) is 2. The molecule has 0 bridgehead atoms. The van der Waals surface area contributed by atoms with Gasteiger partial charge in [0.25, 0.3) is 0 Å². The van der Waals surface area contributed by atoms with E-state index in [-0.39, 0.29) is 0 Å². The molecular formula is C13H17N3O2. The lowest BCUT2D eigenvalue weighted by Gasteiger charge is -2.18. The molecule has 0 radical (unpaired) electrons. The zero-order chi connectivity index (χ0) is 13.7. The normalized spacial score (nSPS) is 11.4. The number of carbonyl (C=O) groups is 1. The van der Waals surface area contributed by atoms with Crippen molar-refractivity contribution in [3.05, 3.63) is 23.8 Å². The second-order valence-corrected chi connectivity index (χ2v) is 4.10. The van der Waals surface area contributed by atoms with Gasteiger partial charge in [-0.15, -0.1) is 0 Å². The quantitative estimate of drug-likeness (QED) is 0.648. The van der Waals surface area contributed by atoms with Crippen LogP contribution in [0.4, 0.5) is 11.4 Å². The number of nitrogen functional groups attached to an aromatic ring is 1. The van der Waals surface area contributed by atoms with Gasteiger partial charge in [0.2, 0.25) is 0 Å². The number of hydrogen-bond donors (Lipinski definition) is 1. The van der Waals surface area contributed by atoms with Gasteiger partial charge >= 0.3 is 5.97 Å². The third kappa shape index (κ3) is 3.14. The minimum atomic E-state index is -0.728. The van der Waals surface area contributed by atoms with E-state index in [2.05, 4.69) is 0 Å². The molecule has 1 atom stereocenters. The first-order valence-corrected chi connectivity index (χ1v) is 5.67. The van der Waals surface area contributed by atoms with Crippen LogP contribution in [0.2, 0.25) is 0 Å². The Labute approximate surface area is 107 Å². The van der Waals surface area contributed by atoms with Gasteiger partial charge in [0.15, 0.2) is 6.10 Å². The Kier molecular flexibility index (Phi) is 4.55. The van der Waals surface area contributed by atoms with Crippen LogP contribution in [0.5, 0.6) is 0 Å². The molecule has 0 saturated carbocycles. The molecule has 0 amide bonds. The minimum Gasteiger partial charge on any atom is -0.443 e. The molecule has 5 nitrogen and oxygen atoms in total. The summed E-state index contributed by atoms with van der Waals surface area (Å²) >= 11 is 0. The fraction of sp³-hybridized carbons (Fsp3) is 0.385. The van der Waals surface area contributed by atoms with Crippen molar-refractivity contribution in [1.82, 2.24) is 0 Å². The Morgan fingerprint density at radius 1 is 1.56 bits per heavy atom. The molecule has 0 spiro atoms. The Morgan fingerprint density at radius 2 is 2.22 bits per heavy atom. The summed E-state index contributed by atoms with van der Waals surface area (Å²) in [5, 5.41) is 8.79. The average molecular weight is 247 g/mol. The molecule has 0 aliphatic rings. The third-order valence-corrected chi connectivity index (χ3v) is 2.49. The first-order valence-electron chi connectivity index (χ1n) is 5.67. The van der Waals surface area contributed by atoms with Crippen LogP contribution >= 0.6 is 0 Å². The summed E-state index contributed by atoms with van der Waals surface area (Å²) in [7, 11) is 3.65. The minimum absolute atomic E-state index is 0.369. The van der Waals surface area contributed by atoms with Gasteiger partial charge in [0.1, 0.15) is 6.07 Å². The topological polar surface area (TPSA) is 79.3 Å². The van der Waals surface area contributed by atoms with Crippen LogP contribution < -0.4 is 10.6 Å². The molecule has 5 heteroatoms. The third-order valence-electron chi connectivity index (χ3n) is 2.49. The number of esters is 1. The summed E-state index contributed by atoms with van der Waals surface area (Å²) < 4.78 is 5.10. The van der Waals surface area contributed by atoms with Crippen molar-refractivity contribution in [2.75, 3.05) is 24.7 Å². The van der Waals surface area contributed by atoms with E-state index in [4.69, 9.17) is 15.7 Å². The number of nitriles is 1. The van der Waals surface area contributed by atoms with Crippen molar-refractivity contribution in [2.45, 2.75) is 19.4 Å². The summed E-state index contributed by atoms with van der Waals surface area (Å²) in [4.78, 5) is 13.8. The molecule has 0 fully saturated rings. The highest BCUT2D eigenvalue weighted by Gasteiger charge is 2.18. The predicted octanol–water partition coefficient (Wildman–Crippen LogP) is 1.79. The lowest BCUT2D eigenvalue weighted by Crippen LogP contribution is -2.19. The molecule has 0 aliphatic carbocycles. The van der Waals surface area contributed by atoms with E-state index in [9.17, 15) is 4.79 Å². The predicted molar refractivity (Wildman–Crippen MR) is 70.3 cm³/mol. The van der Waals surface area contributed by atoms with Crippen molar-refractivity contribution in [2.24, 2.45) is 0 Å². The van der Waals surface area contributed by atoms with Gasteiger partial charge in [-0.3, -0.25) is 0 Å². The fourth-order valence-electron chi connectivity index (χ4n) is 1.50. The van der Waals surface area contributed by atoms with Crippen molar-refractivity contribution in [3.63, 3.8) is 0 Å². The van der Waals surface area contributed by atoms with Gasteiger partial charge in [-0.05, 0) is 24.6 Å². The van der Waals surface area contributed by atoms with Gasteiger partial charge in [0.05, 0.1) is 11.3 Å². The fourth-order valence-corrected chi connectivity index (χ4v) is 1.50. The molecule has 2 N–H and O–H groups in total. The molecule has 0 aliphatic heterocycles. The highest BCUT2D eigenvalue weighted by Crippen LogP contribution is 2.22. The Hall–Kier alpha value is -2.22. The summed E-state index contributed by atoms with van der Waals surface area (Å²) in [5.41, 5.74) is 7.23. The standard InChI is InChI=1S/C13H17N3O2/c1-4-10(8-14)18-13(17)11-7-9(15)5-6-12(11)16(2)3/h5-7,10H,4,15H2,1-3H3. The maximum absolute atomic E-state index is 12.0. The van der Waals surface area contributed by atoms with E-state index in [1.807, 2.05) is 20.2 Å². The molecule has 1 aromatic carbocycles. The summed E-state index contributed by atoms with van der Waals surface area (Å²) in [5.74, 6) is -0.528. The van der Waals surface area contributed by atoms with E-state index in [1.165, 1.54) is 0 Å². The molecule has 18 heavy (non-hydrogen) atoms. The lowest BCUT2D eigenvalue weighted by molar-refractivity contribution is 0.0402. The van der Waals surface area contributed by atoms with Crippen LogP contribution in [0.25, 0.3) is 0 Å². The molecular weight excluding hydrogens is 230 g/mol. The number of nitrogens with two attached hydrogens (primary N) is 1. The molecule has 1 aromatic rings. The number of anilines is 2. The first-order chi connectivity index (χ1) is 8.49. The smallest absolute Gasteiger partial charge is 0.341 e. The Morgan fingerprint density at radius 3 is 2.72 bits per heavy atom. The van der Waals surface area contributed by atoms with Crippen molar-refractivity contribution in [3.8, 4) is 6.07 Å². The SMILES string of the molecule is CCC(C#N)OC(=O)c1cc(N)ccc1N(C)C. The molecule has 1 unspecified atom stereocenters. The largest absolute Gasteiger partial charge is 0.443 e. The maximum atomic E-state index is 12.0. The van der Waals surface area contributed by atoms with E-state index in [1.54, 1.807) is 30.0 Å². The van der Waals surface area contributed by atoms with Crippen LogP contribution in [0.3, 0.4) is 0 Å². The van der Waals surface area contributed by atoms with E-state index < -0.39 is 12.1 Å². The van der Waals surface area contributed by atoms with Gasteiger partial charge in [-0.25, -0.2) is 4.79 Å². The summed E-state index contributed by atoms with van der Waals surface area (Å²) in [6.45, 7) is 1.79. The number of hydrogen-bond acceptors (Lipinski definition) is 5. The monoisotopic (exact) mass is 247 g/mol. The van der Waals surface area contributed by atoms with Crippen molar-refractivity contribution in [1.29, 1.82) is 5.26 Å². The van der Waals surface area contributed by atoms with Gasteiger partial charge < -0.3 is 15.4 Å². The highest BCUT2D eigenvalue weighted by atomic mass is 16.5. The number of ether oxygens (including phenoxy) is 1. The second-order valence-electron chi connectivity index (χ2n) is 4.10. The zero-order valence-electron chi connectivity index (χ0n) is 10.8. The van der Waals surface area contributed by atoms with Crippen LogP contribution in [-0.2, 0) is 4.74 Å². The highest BCUT2D eigenvalue weighted by molar-refractivity contribution is 5.97. The Balaban J connectivity index is 3.04. The Bertz CT molecular complexity index is 478. The number of carbonyl (C=O) groups excluding carboxylic acids is 1. The van der Waals surface area contributed by atoms with E-state index >= 15 is 0 Å². The number of benzene rings is 1. The lowest BCUT2D eigenvalue weighted by atomic mass is 10.1. The van der Waals surface area contributed by atoms with Gasteiger partial charge in [-0.2, -0.15) is 5.26 Å². The van der Waals surface area contributed by atoms with Crippen molar-refractivity contribution < 1.29 is 9.53 Å². The van der Waals surface area contributed by atoms with E-state index in [0.29, 0.717) is 23.4 Å². The zero-order valence-corrected chi connectivity index (χ0v) is 10.8. The molecule has 1 rings (SSSR count). The molecule has 0 saturated heterocycles. The summed E-state index contributed by atoms with van der Waals surface area (Å²) in [6.07, 6.45) is -0.268. The first kappa shape index (κ1) is 13.8.